The summed E-state index contributed by atoms with van der Waals surface area (Å²) in [7, 11) is 0. The number of hydrogen-bond acceptors (Lipinski definition) is 4. The molecule has 3 rings (SSSR count). The molecule has 0 bridgehead atoms. The number of benzene rings is 2. The number of nitrogens with zero attached hydrogens (tertiary/aromatic N) is 1. The van der Waals surface area contributed by atoms with Crippen LogP contribution >= 0.6 is 0 Å². The first-order valence-electron chi connectivity index (χ1n) is 17.3. The molecule has 0 fully saturated rings. The molecule has 0 aliphatic heterocycles. The minimum Gasteiger partial charge on any atom is -0.355 e. The molecule has 2 aromatic rings. The van der Waals surface area contributed by atoms with E-state index in [1.54, 1.807) is 0 Å². The monoisotopic (exact) mass is 653 g/mol. The highest BCUT2D eigenvalue weighted by atomic mass is 15.1. The van der Waals surface area contributed by atoms with Gasteiger partial charge in [-0.1, -0.05) is 124 Å². The summed E-state index contributed by atoms with van der Waals surface area (Å²) >= 11 is 0. The Morgan fingerprint density at radius 2 is 1.67 bits per heavy atom. The second kappa shape index (κ2) is 18.1. The van der Waals surface area contributed by atoms with E-state index >= 15 is 0 Å². The summed E-state index contributed by atoms with van der Waals surface area (Å²) in [5.41, 5.74) is 10.8. The lowest BCUT2D eigenvalue weighted by molar-refractivity contribution is 0.482. The molecule has 256 valence electrons. The van der Waals surface area contributed by atoms with Crippen LogP contribution < -0.4 is 10.6 Å². The van der Waals surface area contributed by atoms with Crippen LogP contribution in [0.3, 0.4) is 0 Å². The van der Waals surface area contributed by atoms with Crippen molar-refractivity contribution in [2.24, 2.45) is 5.92 Å². The Kier molecular flexibility index (Phi) is 14.3. The highest BCUT2D eigenvalue weighted by Gasteiger charge is 2.36. The van der Waals surface area contributed by atoms with Gasteiger partial charge >= 0.3 is 0 Å². The molecule has 0 amide bonds. The summed E-state index contributed by atoms with van der Waals surface area (Å²) in [6.07, 6.45) is 20.9. The van der Waals surface area contributed by atoms with Crippen LogP contribution in [-0.4, -0.2) is 24.8 Å². The number of hydrogen-bond donors (Lipinski definition) is 4. The Morgan fingerprint density at radius 3 is 2.31 bits per heavy atom. The zero-order chi connectivity index (χ0) is 36.1. The van der Waals surface area contributed by atoms with Crippen molar-refractivity contribution >= 4 is 12.1 Å². The third kappa shape index (κ3) is 10.3. The molecule has 1 aliphatic rings. The summed E-state index contributed by atoms with van der Waals surface area (Å²) in [4.78, 5) is 0. The number of nitriles is 1. The van der Waals surface area contributed by atoms with Crippen LogP contribution in [0.25, 0.3) is 11.1 Å². The van der Waals surface area contributed by atoms with Crippen LogP contribution in [0, 0.1) is 28.1 Å². The Labute approximate surface area is 295 Å². The number of amidine groups is 1. The van der Waals surface area contributed by atoms with E-state index in [9.17, 15) is 5.26 Å². The highest BCUT2D eigenvalue weighted by molar-refractivity contribution is 5.91. The lowest BCUT2D eigenvalue weighted by Crippen LogP contribution is -2.45. The first-order chi connectivity index (χ1) is 23.4. The van der Waals surface area contributed by atoms with Gasteiger partial charge in [-0.25, -0.2) is 0 Å². The number of rotatable bonds is 16. The zero-order valence-corrected chi connectivity index (χ0v) is 30.7. The largest absolute Gasteiger partial charge is 0.355 e. The lowest BCUT2D eigenvalue weighted by atomic mass is 9.79. The summed E-state index contributed by atoms with van der Waals surface area (Å²) in [5, 5.41) is 33.7. The molecular weight excluding hydrogens is 599 g/mol. The molecule has 1 aliphatic carbocycles. The minimum absolute atomic E-state index is 0.0434. The van der Waals surface area contributed by atoms with E-state index in [-0.39, 0.29) is 17.5 Å². The summed E-state index contributed by atoms with van der Waals surface area (Å²) in [6, 6.07) is 14.9. The van der Waals surface area contributed by atoms with Gasteiger partial charge in [-0.05, 0) is 97.8 Å². The molecule has 0 heterocycles. The van der Waals surface area contributed by atoms with E-state index in [1.165, 1.54) is 39.6 Å². The molecule has 4 N–H and O–H groups in total. The van der Waals surface area contributed by atoms with E-state index < -0.39 is 0 Å². The first-order valence-corrected chi connectivity index (χ1v) is 17.3. The molecule has 0 radical (unpaired) electrons. The molecule has 5 heteroatoms. The van der Waals surface area contributed by atoms with E-state index in [0.717, 1.165) is 23.1 Å². The predicted octanol–water partition coefficient (Wildman–Crippen LogP) is 10.6. The van der Waals surface area contributed by atoms with Gasteiger partial charge in [0.25, 0.3) is 0 Å². The molecule has 2 aromatic carbocycles. The number of nitrogens with one attached hydrogen (secondary N) is 4. The summed E-state index contributed by atoms with van der Waals surface area (Å²) < 4.78 is 0. The smallest absolute Gasteiger partial charge is 0.119 e. The number of allylic oxidation sites excluding steroid dienone is 10. The lowest BCUT2D eigenvalue weighted by Gasteiger charge is -2.25. The maximum absolute atomic E-state index is 9.52. The third-order valence-corrected chi connectivity index (χ3v) is 9.22. The van der Waals surface area contributed by atoms with Crippen molar-refractivity contribution in [2.45, 2.75) is 85.7 Å². The minimum atomic E-state index is -0.246. The van der Waals surface area contributed by atoms with Crippen LogP contribution in [-0.2, 0) is 5.41 Å². The maximum atomic E-state index is 9.52. The highest BCUT2D eigenvalue weighted by Crippen LogP contribution is 2.50. The molecule has 1 unspecified atom stereocenters. The number of fused-ring (bicyclic) bond motifs is 3. The fraction of sp³-hybridized carbons (Fsp3) is 0.341. The normalized spacial score (nSPS) is 15.8. The maximum Gasteiger partial charge on any atom is 0.119 e. The second-order valence-electron chi connectivity index (χ2n) is 13.7. The Hall–Kier alpha value is -4.79. The quantitative estimate of drug-likeness (QED) is 0.0628. The standard InChI is InChI=1S/C44H55N5/c1-10-12-15-32(6)29-48-43(27-35(30(3)4)17-13-16-31(5)14-11-2)49-42(47)24-33(7)37(22-23-45)36-19-21-39-38-20-18-34(28-46)25-40(38)44(8,9)41(39)26-36/h10-21,23-26,30,37,43,45,48H,5,22,27,29H2,1-4,6-9H3,(H2,47,49)/b12-10-,14-11-,16-13+,32-15+,33-24-,35-17+,45-23?/t37-,43?/m0/s1. The van der Waals surface area contributed by atoms with Gasteiger partial charge in [0.1, 0.15) is 5.84 Å². The zero-order valence-electron chi connectivity index (χ0n) is 30.7. The van der Waals surface area contributed by atoms with Crippen LogP contribution in [0.5, 0.6) is 0 Å². The molecular formula is C44H55N5. The molecule has 0 saturated heterocycles. The summed E-state index contributed by atoms with van der Waals surface area (Å²) in [6.45, 7) is 21.8. The topological polar surface area (TPSA) is 95.5 Å². The van der Waals surface area contributed by atoms with Gasteiger partial charge in [0.05, 0.1) is 17.8 Å². The third-order valence-electron chi connectivity index (χ3n) is 9.22. The van der Waals surface area contributed by atoms with E-state index in [2.05, 4.69) is 107 Å². The van der Waals surface area contributed by atoms with Crippen molar-refractivity contribution in [1.82, 2.24) is 10.6 Å². The van der Waals surface area contributed by atoms with Crippen molar-refractivity contribution in [3.63, 3.8) is 0 Å². The van der Waals surface area contributed by atoms with E-state index in [0.29, 0.717) is 30.3 Å². The Morgan fingerprint density at radius 1 is 0.980 bits per heavy atom. The fourth-order valence-electron chi connectivity index (χ4n) is 6.38. The van der Waals surface area contributed by atoms with E-state index in [1.807, 2.05) is 62.4 Å². The Bertz CT molecular complexity index is 1750. The average Bonchev–Trinajstić information content (AvgIpc) is 3.29. The van der Waals surface area contributed by atoms with Crippen molar-refractivity contribution in [1.29, 1.82) is 16.1 Å². The van der Waals surface area contributed by atoms with Crippen molar-refractivity contribution in [3.8, 4) is 17.2 Å². The second-order valence-corrected chi connectivity index (χ2v) is 13.7. The van der Waals surface area contributed by atoms with Crippen molar-refractivity contribution in [2.75, 3.05) is 6.54 Å². The van der Waals surface area contributed by atoms with E-state index in [4.69, 9.17) is 10.8 Å². The molecule has 5 nitrogen and oxygen atoms in total. The van der Waals surface area contributed by atoms with Gasteiger partial charge in [-0.2, -0.15) is 5.26 Å². The SMILES string of the molecule is C=C(/C=C\C)/C=C/C=C(\CC(NC/C(C)=C/C=C\C)NC(=N)/C=C(/C)[C@H](CC=N)c1ccc2c(c1)C(C)(C)c1cc(C#N)ccc1-2)C(C)C. The molecule has 2 atom stereocenters. The van der Waals surface area contributed by atoms with Gasteiger partial charge < -0.3 is 10.7 Å². The van der Waals surface area contributed by atoms with Crippen LogP contribution in [0.1, 0.15) is 96.4 Å². The van der Waals surface area contributed by atoms with Crippen molar-refractivity contribution < 1.29 is 0 Å². The molecule has 0 saturated carbocycles. The van der Waals surface area contributed by atoms with Gasteiger partial charge in [0, 0.05) is 24.3 Å². The Balaban J connectivity index is 1.90. The van der Waals surface area contributed by atoms with Gasteiger partial charge in [0.15, 0.2) is 0 Å². The van der Waals surface area contributed by atoms with Crippen LogP contribution in [0.15, 0.2) is 120 Å². The van der Waals surface area contributed by atoms with Gasteiger partial charge in [-0.3, -0.25) is 10.7 Å². The molecule has 0 spiro atoms. The molecule has 0 aromatic heterocycles. The van der Waals surface area contributed by atoms with Crippen LogP contribution in [0.4, 0.5) is 0 Å². The van der Waals surface area contributed by atoms with Gasteiger partial charge in [0.2, 0.25) is 0 Å². The van der Waals surface area contributed by atoms with Gasteiger partial charge in [-0.15, -0.1) is 0 Å². The average molecular weight is 654 g/mol. The molecule has 49 heavy (non-hydrogen) atoms. The fourth-order valence-corrected chi connectivity index (χ4v) is 6.38. The first kappa shape index (κ1) is 38.7. The van der Waals surface area contributed by atoms with Crippen molar-refractivity contribution in [3.05, 3.63) is 142 Å². The van der Waals surface area contributed by atoms with Crippen LogP contribution in [0.2, 0.25) is 0 Å². The summed E-state index contributed by atoms with van der Waals surface area (Å²) in [5.74, 6) is 0.617. The predicted molar refractivity (Wildman–Crippen MR) is 210 cm³/mol.